The van der Waals surface area contributed by atoms with Crippen molar-refractivity contribution in [2.24, 2.45) is 11.7 Å². The van der Waals surface area contributed by atoms with Crippen LogP contribution in [0.25, 0.3) is 0 Å². The quantitative estimate of drug-likeness (QED) is 0.0814. The van der Waals surface area contributed by atoms with E-state index in [2.05, 4.69) is 11.7 Å². The second-order valence-electron chi connectivity index (χ2n) is 0.539. The Bertz CT molecular complexity index is 47.0. The Hall–Kier alpha value is -2.14. The van der Waals surface area contributed by atoms with E-state index in [0.717, 1.165) is 0 Å². The SMILES string of the molecule is N=[C-]NN.N=[C-]NN.[Rf]. The van der Waals surface area contributed by atoms with Gasteiger partial charge in [0.25, 0.3) is 0 Å². The van der Waals surface area contributed by atoms with Crippen LogP contribution >= 0.6 is 0 Å². The van der Waals surface area contributed by atoms with E-state index in [4.69, 9.17) is 10.8 Å². The van der Waals surface area contributed by atoms with Crippen LogP contribution in [0.2, 0.25) is 0 Å². The fourth-order valence-electron chi connectivity index (χ4n) is 0. The first-order chi connectivity index (χ1) is 3.83. The molecule has 0 rings (SSSR count). The summed E-state index contributed by atoms with van der Waals surface area (Å²) in [6.45, 7) is 0. The van der Waals surface area contributed by atoms with E-state index in [1.807, 2.05) is 10.9 Å². The number of hydrogen-bond donors (Lipinski definition) is 6. The number of nitrogens with two attached hydrogens (primary N) is 2. The van der Waals surface area contributed by atoms with Crippen molar-refractivity contribution in [2.45, 2.75) is 0 Å². The van der Waals surface area contributed by atoms with Crippen molar-refractivity contribution in [1.82, 2.24) is 10.9 Å². The zero-order chi connectivity index (χ0) is 6.83. The zero-order valence-corrected chi connectivity index (χ0v) is 11.3. The van der Waals surface area contributed by atoms with E-state index in [0.29, 0.717) is 0 Å². The van der Waals surface area contributed by atoms with Crippen LogP contribution in [0.1, 0.15) is 0 Å². The normalized spacial score (nSPS) is 4.67. The van der Waals surface area contributed by atoms with Gasteiger partial charge < -0.3 is 21.7 Å². The van der Waals surface area contributed by atoms with Crippen molar-refractivity contribution >= 4 is 12.7 Å². The van der Waals surface area contributed by atoms with Crippen LogP contribution in [-0.2, 0) is 0 Å². The molecule has 0 atom stereocenters. The molecule has 0 fully saturated rings. The van der Waals surface area contributed by atoms with Gasteiger partial charge in [-0.15, -0.1) is 0 Å². The Labute approximate surface area is 47.2 Å². The molecular weight excluding hydrogens is 375 g/mol. The molecule has 0 spiro atoms. The minimum Gasteiger partial charge on any atom is -0.497 e. The second kappa shape index (κ2) is 40.0. The molecule has 0 aliphatic rings. The molecule has 6 nitrogen and oxygen atoms in total. The molecule has 0 unspecified atom stereocenters. The van der Waals surface area contributed by atoms with E-state index in [1.165, 1.54) is 0 Å². The average molecular weight is 383 g/mol. The predicted octanol–water partition coefficient (Wildman–Crippen LogP) is -2.13. The van der Waals surface area contributed by atoms with Crippen molar-refractivity contribution in [2.75, 3.05) is 0 Å². The first kappa shape index (κ1) is 15.8. The largest absolute Gasteiger partial charge is 0.497 e. The standard InChI is InChI=1S/2CH4N3.Rf/c2*2-1-4-3;/h2*3H2,(H2,2,4);/q2*-1;. The first-order valence-electron chi connectivity index (χ1n) is 1.58. The molecule has 8 N–H and O–H groups in total. The number of hydrogen-bond acceptors (Lipinski definition) is 4. The maximum absolute atomic E-state index is 5.97. The maximum Gasteiger partial charge on any atom is 0 e. The topological polar surface area (TPSA) is 124 Å². The van der Waals surface area contributed by atoms with Gasteiger partial charge in [-0.2, -0.15) is 0 Å². The second-order valence-corrected chi connectivity index (χ2v) is 0.539. The fraction of sp³-hybridized carbons (Fsp3) is 0. The molecule has 0 amide bonds. The Morgan fingerprint density at radius 3 is 1.11 bits per heavy atom. The van der Waals surface area contributed by atoms with Crippen molar-refractivity contribution in [3.05, 3.63) is 0 Å². The minimum atomic E-state index is 0. The summed E-state index contributed by atoms with van der Waals surface area (Å²) in [5.41, 5.74) is 3.69. The van der Waals surface area contributed by atoms with E-state index in [9.17, 15) is 0 Å². The minimum absolute atomic E-state index is 0. The summed E-state index contributed by atoms with van der Waals surface area (Å²) in [6.07, 6.45) is 3.42. The third kappa shape index (κ3) is 4450. The molecule has 0 saturated carbocycles. The Kier molecular flexibility index (Phi) is 70.3. The van der Waals surface area contributed by atoms with Crippen molar-refractivity contribution in [3.8, 4) is 0 Å². The van der Waals surface area contributed by atoms with Crippen LogP contribution in [0.3, 0.4) is 0 Å². The molecular formula is C2H8N6Rf-2. The van der Waals surface area contributed by atoms with Crippen LogP contribution in [0.15, 0.2) is 0 Å². The Balaban J connectivity index is -0.0000000720. The summed E-state index contributed by atoms with van der Waals surface area (Å²) >= 11 is 0. The van der Waals surface area contributed by atoms with Gasteiger partial charge in [-0.05, 0) is 0 Å². The molecule has 0 aromatic rings. The number of rotatable bonds is 2. The van der Waals surface area contributed by atoms with E-state index in [1.54, 1.807) is 12.7 Å². The van der Waals surface area contributed by atoms with Gasteiger partial charge in [0.05, 0.1) is 0 Å². The van der Waals surface area contributed by atoms with Gasteiger partial charge in [0.2, 0.25) is 0 Å². The summed E-state index contributed by atoms with van der Waals surface area (Å²) in [5, 5.41) is 11.9. The van der Waals surface area contributed by atoms with Gasteiger partial charge >= 0.3 is 0 Å². The molecule has 0 aromatic carbocycles. The summed E-state index contributed by atoms with van der Waals surface area (Å²) in [7, 11) is 0. The molecule has 7 heteroatoms. The number of hydrazine groups is 2. The average Bonchev–Trinajstić information content (AvgIpc) is 1.88. The molecule has 0 aromatic heterocycles. The molecule has 0 aliphatic carbocycles. The summed E-state index contributed by atoms with van der Waals surface area (Å²) < 4.78 is 0. The molecule has 9 heavy (non-hydrogen) atoms. The Morgan fingerprint density at radius 1 is 1.00 bits per heavy atom. The monoisotopic (exact) mass is 383 g/mol. The third-order valence-electron chi connectivity index (χ3n) is 0.144. The van der Waals surface area contributed by atoms with Gasteiger partial charge in [-0.25, -0.2) is 0 Å². The van der Waals surface area contributed by atoms with Crippen molar-refractivity contribution in [3.63, 3.8) is 0 Å². The maximum atomic E-state index is 5.97. The van der Waals surface area contributed by atoms with Crippen LogP contribution < -0.4 is 22.5 Å². The molecule has 50 valence electrons. The van der Waals surface area contributed by atoms with E-state index < -0.39 is 0 Å². The molecule has 0 saturated heterocycles. The summed E-state index contributed by atoms with van der Waals surface area (Å²) in [6, 6.07) is 0. The number of nitrogens with one attached hydrogen (secondary N) is 4. The fourth-order valence-corrected chi connectivity index (χ4v) is 0. The van der Waals surface area contributed by atoms with Gasteiger partial charge in [0.1, 0.15) is 0 Å². The van der Waals surface area contributed by atoms with Crippen molar-refractivity contribution in [1.29, 1.82) is 10.8 Å². The smallest absolute Gasteiger partial charge is 0 e. The van der Waals surface area contributed by atoms with Crippen LogP contribution in [-0.4, -0.2) is 12.7 Å². The summed E-state index contributed by atoms with van der Waals surface area (Å²) in [5.74, 6) is 8.96. The van der Waals surface area contributed by atoms with Crippen LogP contribution in [0.5, 0.6) is 0 Å². The summed E-state index contributed by atoms with van der Waals surface area (Å²) in [4.78, 5) is 0. The first-order valence-corrected chi connectivity index (χ1v) is 1.58. The van der Waals surface area contributed by atoms with Crippen LogP contribution in [0.4, 0.5) is 0 Å². The van der Waals surface area contributed by atoms with E-state index in [-0.39, 0.29) is 0 Å². The molecule has 0 bridgehead atoms. The Morgan fingerprint density at radius 2 is 1.11 bits per heavy atom. The third-order valence-corrected chi connectivity index (χ3v) is 0.144. The van der Waals surface area contributed by atoms with Crippen LogP contribution in [0, 0.1) is 10.8 Å². The van der Waals surface area contributed by atoms with Gasteiger partial charge in [0, 0.05) is 0 Å². The van der Waals surface area contributed by atoms with Gasteiger partial charge in [-0.3, -0.25) is 24.4 Å². The van der Waals surface area contributed by atoms with Gasteiger partial charge in [-0.1, -0.05) is 0 Å². The zero-order valence-electron chi connectivity index (χ0n) is 4.86. The van der Waals surface area contributed by atoms with Gasteiger partial charge in [0.15, 0.2) is 0 Å². The molecule has 0 heterocycles. The predicted molar refractivity (Wildman–Crippen MR) is 30.1 cm³/mol. The van der Waals surface area contributed by atoms with Crippen molar-refractivity contribution < 1.29 is 0 Å². The molecule has 0 aliphatic heterocycles. The van der Waals surface area contributed by atoms with E-state index >= 15 is 0 Å². The molecule has 0 radical (unpaired) electrons.